The van der Waals surface area contributed by atoms with Crippen molar-refractivity contribution in [2.75, 3.05) is 24.6 Å². The molecule has 5 heteroatoms. The van der Waals surface area contributed by atoms with Crippen LogP contribution in [-0.4, -0.2) is 42.7 Å². The van der Waals surface area contributed by atoms with E-state index >= 15 is 0 Å². The molecule has 0 bridgehead atoms. The first-order valence-electron chi connectivity index (χ1n) is 5.20. The fourth-order valence-electron chi connectivity index (χ4n) is 1.66. The molecule has 80 valence electrons. The topological polar surface area (TPSA) is 53.2 Å². The van der Waals surface area contributed by atoms with Gasteiger partial charge >= 0.3 is 6.03 Å². The largest absolute Gasteiger partial charge is 0.335 e. The summed E-state index contributed by atoms with van der Waals surface area (Å²) in [6, 6.07) is 0.719. The Kier molecular flexibility index (Phi) is 3.53. The van der Waals surface area contributed by atoms with Crippen molar-refractivity contribution in [2.24, 2.45) is 0 Å². The Labute approximate surface area is 88.6 Å². The van der Waals surface area contributed by atoms with Crippen molar-refractivity contribution in [2.45, 2.75) is 24.9 Å². The monoisotopic (exact) mass is 215 g/mol. The van der Waals surface area contributed by atoms with Crippen LogP contribution in [0.3, 0.4) is 0 Å². The Balaban J connectivity index is 1.64. The molecule has 0 aromatic heterocycles. The highest BCUT2D eigenvalue weighted by atomic mass is 32.2. The minimum absolute atomic E-state index is 0.00370. The van der Waals surface area contributed by atoms with Crippen LogP contribution in [-0.2, 0) is 0 Å². The van der Waals surface area contributed by atoms with Gasteiger partial charge < -0.3 is 16.0 Å². The first-order chi connectivity index (χ1) is 6.84. The van der Waals surface area contributed by atoms with Crippen LogP contribution in [0.25, 0.3) is 0 Å². The average molecular weight is 215 g/mol. The van der Waals surface area contributed by atoms with E-state index < -0.39 is 0 Å². The average Bonchev–Trinajstić information content (AvgIpc) is 2.13. The highest BCUT2D eigenvalue weighted by Crippen LogP contribution is 2.16. The molecule has 3 N–H and O–H groups in total. The number of nitrogens with one attached hydrogen (secondary N) is 3. The SMILES string of the molecule is O=C(NC1CNC1)NC1CCCSC1. The summed E-state index contributed by atoms with van der Waals surface area (Å²) in [5.74, 6) is 2.31. The Morgan fingerprint density at radius 1 is 1.29 bits per heavy atom. The van der Waals surface area contributed by atoms with Gasteiger partial charge in [0.05, 0.1) is 6.04 Å². The summed E-state index contributed by atoms with van der Waals surface area (Å²) in [5.41, 5.74) is 0. The highest BCUT2D eigenvalue weighted by Gasteiger charge is 2.21. The molecule has 0 radical (unpaired) electrons. The molecule has 14 heavy (non-hydrogen) atoms. The number of carbonyl (C=O) groups excluding carboxylic acids is 1. The van der Waals surface area contributed by atoms with Crippen molar-refractivity contribution in [1.29, 1.82) is 0 Å². The van der Waals surface area contributed by atoms with Crippen LogP contribution in [0, 0.1) is 0 Å². The van der Waals surface area contributed by atoms with Crippen LogP contribution in [0.5, 0.6) is 0 Å². The normalized spacial score (nSPS) is 27.9. The van der Waals surface area contributed by atoms with Gasteiger partial charge in [-0.05, 0) is 18.6 Å². The van der Waals surface area contributed by atoms with Gasteiger partial charge in [-0.15, -0.1) is 0 Å². The van der Waals surface area contributed by atoms with Crippen LogP contribution < -0.4 is 16.0 Å². The third-order valence-corrected chi connectivity index (χ3v) is 3.83. The second-order valence-electron chi connectivity index (χ2n) is 3.89. The molecule has 1 atom stereocenters. The Hall–Kier alpha value is -0.420. The van der Waals surface area contributed by atoms with Crippen LogP contribution in [0.4, 0.5) is 4.79 Å². The lowest BCUT2D eigenvalue weighted by molar-refractivity contribution is 0.227. The Morgan fingerprint density at radius 2 is 2.07 bits per heavy atom. The molecule has 2 heterocycles. The summed E-state index contributed by atoms with van der Waals surface area (Å²) in [4.78, 5) is 11.5. The van der Waals surface area contributed by atoms with E-state index in [9.17, 15) is 4.79 Å². The van der Waals surface area contributed by atoms with E-state index in [0.717, 1.165) is 25.3 Å². The number of urea groups is 1. The van der Waals surface area contributed by atoms with Crippen LogP contribution in [0.1, 0.15) is 12.8 Å². The number of amides is 2. The highest BCUT2D eigenvalue weighted by molar-refractivity contribution is 7.99. The van der Waals surface area contributed by atoms with Gasteiger partial charge in [-0.1, -0.05) is 0 Å². The van der Waals surface area contributed by atoms with Gasteiger partial charge in [0, 0.05) is 24.9 Å². The molecule has 2 rings (SSSR count). The van der Waals surface area contributed by atoms with Crippen molar-refractivity contribution in [3.63, 3.8) is 0 Å². The third-order valence-electron chi connectivity index (χ3n) is 2.61. The molecular weight excluding hydrogens is 198 g/mol. The van der Waals surface area contributed by atoms with E-state index in [1.54, 1.807) is 0 Å². The smallest absolute Gasteiger partial charge is 0.315 e. The lowest BCUT2D eigenvalue weighted by atomic mass is 10.2. The van der Waals surface area contributed by atoms with E-state index in [2.05, 4.69) is 16.0 Å². The number of hydrogen-bond acceptors (Lipinski definition) is 3. The predicted molar refractivity (Wildman–Crippen MR) is 58.7 cm³/mol. The molecule has 0 aromatic carbocycles. The zero-order chi connectivity index (χ0) is 9.80. The maximum absolute atomic E-state index is 11.5. The zero-order valence-electron chi connectivity index (χ0n) is 8.21. The van der Waals surface area contributed by atoms with Crippen molar-refractivity contribution in [3.8, 4) is 0 Å². The van der Waals surface area contributed by atoms with E-state index in [-0.39, 0.29) is 6.03 Å². The molecule has 0 aliphatic carbocycles. The molecule has 1 unspecified atom stereocenters. The first kappa shape index (κ1) is 10.1. The van der Waals surface area contributed by atoms with Gasteiger partial charge in [-0.3, -0.25) is 0 Å². The van der Waals surface area contributed by atoms with Crippen molar-refractivity contribution >= 4 is 17.8 Å². The quantitative estimate of drug-likeness (QED) is 0.615. The lowest BCUT2D eigenvalue weighted by Gasteiger charge is -2.29. The predicted octanol–water partition coefficient (Wildman–Crippen LogP) is 0.153. The summed E-state index contributed by atoms with van der Waals surface area (Å²) >= 11 is 1.93. The van der Waals surface area contributed by atoms with Gasteiger partial charge in [-0.25, -0.2) is 4.79 Å². The maximum Gasteiger partial charge on any atom is 0.315 e. The van der Waals surface area contributed by atoms with E-state index in [1.807, 2.05) is 11.8 Å². The molecule has 4 nitrogen and oxygen atoms in total. The molecule has 2 saturated heterocycles. The second kappa shape index (κ2) is 4.89. The number of thioether (sulfide) groups is 1. The van der Waals surface area contributed by atoms with Gasteiger partial charge in [0.25, 0.3) is 0 Å². The van der Waals surface area contributed by atoms with Gasteiger partial charge in [0.2, 0.25) is 0 Å². The molecule has 2 aliphatic rings. The first-order valence-corrected chi connectivity index (χ1v) is 6.35. The second-order valence-corrected chi connectivity index (χ2v) is 5.04. The zero-order valence-corrected chi connectivity index (χ0v) is 9.03. The maximum atomic E-state index is 11.5. The Morgan fingerprint density at radius 3 is 2.64 bits per heavy atom. The molecule has 2 amide bonds. The van der Waals surface area contributed by atoms with Gasteiger partial charge in [-0.2, -0.15) is 11.8 Å². The molecule has 2 aliphatic heterocycles. The lowest BCUT2D eigenvalue weighted by Crippen LogP contribution is -2.59. The molecule has 0 saturated carbocycles. The van der Waals surface area contributed by atoms with Gasteiger partial charge in [0.1, 0.15) is 0 Å². The number of hydrogen-bond donors (Lipinski definition) is 3. The Bertz CT molecular complexity index is 202. The summed E-state index contributed by atoms with van der Waals surface area (Å²) in [6.07, 6.45) is 2.35. The van der Waals surface area contributed by atoms with Crippen molar-refractivity contribution in [3.05, 3.63) is 0 Å². The summed E-state index contributed by atoms with van der Waals surface area (Å²) in [7, 11) is 0. The van der Waals surface area contributed by atoms with Crippen LogP contribution in [0.15, 0.2) is 0 Å². The molecular formula is C9H17N3OS. The van der Waals surface area contributed by atoms with E-state index in [4.69, 9.17) is 0 Å². The number of rotatable bonds is 2. The van der Waals surface area contributed by atoms with E-state index in [1.165, 1.54) is 12.2 Å². The minimum Gasteiger partial charge on any atom is -0.335 e. The van der Waals surface area contributed by atoms with Gasteiger partial charge in [0.15, 0.2) is 0 Å². The standard InChI is InChI=1S/C9H17N3OS/c13-9(12-8-4-10-5-8)11-7-2-1-3-14-6-7/h7-8,10H,1-6H2,(H2,11,12,13). The molecule has 2 fully saturated rings. The fourth-order valence-corrected chi connectivity index (χ4v) is 2.73. The third kappa shape index (κ3) is 2.78. The summed E-state index contributed by atoms with van der Waals surface area (Å²) in [5, 5.41) is 9.08. The minimum atomic E-state index is 0.00370. The molecule has 0 aromatic rings. The summed E-state index contributed by atoms with van der Waals surface area (Å²) in [6.45, 7) is 1.82. The number of carbonyl (C=O) groups is 1. The van der Waals surface area contributed by atoms with Crippen molar-refractivity contribution < 1.29 is 4.79 Å². The van der Waals surface area contributed by atoms with E-state index in [0.29, 0.717) is 12.1 Å². The summed E-state index contributed by atoms with van der Waals surface area (Å²) < 4.78 is 0. The van der Waals surface area contributed by atoms with Crippen LogP contribution >= 0.6 is 11.8 Å². The molecule has 0 spiro atoms. The van der Waals surface area contributed by atoms with Crippen molar-refractivity contribution in [1.82, 2.24) is 16.0 Å². The van der Waals surface area contributed by atoms with Crippen LogP contribution in [0.2, 0.25) is 0 Å². The fraction of sp³-hybridized carbons (Fsp3) is 0.889.